The van der Waals surface area contributed by atoms with Crippen molar-refractivity contribution in [3.8, 4) is 22.9 Å². The van der Waals surface area contributed by atoms with Crippen molar-refractivity contribution >= 4 is 6.47 Å². The van der Waals surface area contributed by atoms with Gasteiger partial charge >= 0.3 is 0 Å². The van der Waals surface area contributed by atoms with Crippen LogP contribution in [0.1, 0.15) is 18.9 Å². The van der Waals surface area contributed by atoms with Crippen LogP contribution >= 0.6 is 0 Å². The van der Waals surface area contributed by atoms with E-state index in [4.69, 9.17) is 24.1 Å². The topological polar surface area (TPSA) is 106 Å². The molecule has 0 amide bonds. The number of nitrogens with zero attached hydrogens (tertiary/aromatic N) is 3. The number of imidazole rings is 1. The molecule has 3 atom stereocenters. The molecule has 0 spiro atoms. The molecule has 1 aromatic carbocycles. The summed E-state index contributed by atoms with van der Waals surface area (Å²) in [6.45, 7) is 2.50. The third-order valence-corrected chi connectivity index (χ3v) is 5.63. The predicted molar refractivity (Wildman–Crippen MR) is 110 cm³/mol. The van der Waals surface area contributed by atoms with Gasteiger partial charge in [0, 0.05) is 44.2 Å². The molecule has 2 aliphatic heterocycles. The van der Waals surface area contributed by atoms with Crippen LogP contribution in [-0.4, -0.2) is 83.8 Å². The fourth-order valence-electron chi connectivity index (χ4n) is 4.32. The van der Waals surface area contributed by atoms with Gasteiger partial charge in [0.15, 0.2) is 11.5 Å². The first kappa shape index (κ1) is 22.1. The van der Waals surface area contributed by atoms with E-state index in [9.17, 15) is 5.11 Å². The fourth-order valence-corrected chi connectivity index (χ4v) is 4.32. The second kappa shape index (κ2) is 10.4. The van der Waals surface area contributed by atoms with E-state index in [1.807, 2.05) is 30.6 Å². The van der Waals surface area contributed by atoms with Crippen molar-refractivity contribution in [1.29, 1.82) is 0 Å². The SMILES string of the molecule is COc1cccc(-c2nccn2[C@@H]2C[C@H]3CO[C@@H](CCO)CN3C2)c1OC.O=CO. The average molecular weight is 419 g/mol. The van der Waals surface area contributed by atoms with Gasteiger partial charge in [-0.2, -0.15) is 0 Å². The summed E-state index contributed by atoms with van der Waals surface area (Å²) in [5, 5.41) is 16.1. The molecule has 9 nitrogen and oxygen atoms in total. The molecule has 0 aliphatic carbocycles. The first-order valence-electron chi connectivity index (χ1n) is 9.95. The van der Waals surface area contributed by atoms with Crippen LogP contribution in [0.2, 0.25) is 0 Å². The normalized spacial score (nSPS) is 23.2. The number of carbonyl (C=O) groups is 1. The molecule has 3 heterocycles. The smallest absolute Gasteiger partial charge is 0.290 e. The number of hydrogen-bond donors (Lipinski definition) is 2. The van der Waals surface area contributed by atoms with Crippen molar-refractivity contribution in [2.45, 2.75) is 31.0 Å². The Hall–Kier alpha value is -2.62. The van der Waals surface area contributed by atoms with E-state index >= 15 is 0 Å². The van der Waals surface area contributed by atoms with E-state index in [0.717, 1.165) is 37.5 Å². The molecule has 2 N–H and O–H groups in total. The molecule has 30 heavy (non-hydrogen) atoms. The van der Waals surface area contributed by atoms with Gasteiger partial charge in [-0.05, 0) is 25.0 Å². The lowest BCUT2D eigenvalue weighted by Crippen LogP contribution is -2.46. The molecule has 164 valence electrons. The van der Waals surface area contributed by atoms with E-state index in [2.05, 4.69) is 14.5 Å². The number of para-hydroxylation sites is 1. The van der Waals surface area contributed by atoms with Gasteiger partial charge < -0.3 is 29.0 Å². The van der Waals surface area contributed by atoms with Gasteiger partial charge in [-0.15, -0.1) is 0 Å². The van der Waals surface area contributed by atoms with Crippen molar-refractivity contribution in [3.63, 3.8) is 0 Å². The standard InChI is InChI=1S/C20H27N3O4.CH2O2/c1-25-18-5-3-4-17(19(18)26-2)20-21-7-8-23(20)14-10-15-13-27-16(6-9-24)12-22(15)11-14;2-1-3/h3-5,7-8,14-16,24H,6,9-13H2,1-2H3;1H,(H,2,3)/t14-,15+,16+;/m1./s1. The number of carboxylic acid groups (broad SMARTS) is 1. The minimum atomic E-state index is -0.250. The monoisotopic (exact) mass is 419 g/mol. The Morgan fingerprint density at radius 3 is 2.77 bits per heavy atom. The van der Waals surface area contributed by atoms with E-state index in [-0.39, 0.29) is 19.2 Å². The molecule has 0 bridgehead atoms. The molecule has 2 aromatic rings. The van der Waals surface area contributed by atoms with Crippen molar-refractivity contribution in [3.05, 3.63) is 30.6 Å². The van der Waals surface area contributed by atoms with Crippen LogP contribution in [0.4, 0.5) is 0 Å². The zero-order chi connectivity index (χ0) is 21.5. The Labute approximate surface area is 175 Å². The minimum absolute atomic E-state index is 0.130. The molecular formula is C21H29N3O6. The molecule has 4 rings (SSSR count). The second-order valence-electron chi connectivity index (χ2n) is 7.27. The van der Waals surface area contributed by atoms with Gasteiger partial charge in [-0.25, -0.2) is 4.98 Å². The van der Waals surface area contributed by atoms with Crippen LogP contribution in [0.15, 0.2) is 30.6 Å². The van der Waals surface area contributed by atoms with Crippen LogP contribution < -0.4 is 9.47 Å². The lowest BCUT2D eigenvalue weighted by molar-refractivity contribution is -0.122. The summed E-state index contributed by atoms with van der Waals surface area (Å²) in [5.74, 6) is 2.30. The van der Waals surface area contributed by atoms with E-state index in [1.54, 1.807) is 14.2 Å². The largest absolute Gasteiger partial charge is 0.493 e. The summed E-state index contributed by atoms with van der Waals surface area (Å²) in [6, 6.07) is 6.63. The summed E-state index contributed by atoms with van der Waals surface area (Å²) in [6.07, 6.45) is 5.75. The number of benzene rings is 1. The third-order valence-electron chi connectivity index (χ3n) is 5.63. The Kier molecular flexibility index (Phi) is 7.67. The third kappa shape index (κ3) is 4.58. The van der Waals surface area contributed by atoms with Crippen LogP contribution in [0.25, 0.3) is 11.4 Å². The number of ether oxygens (including phenoxy) is 3. The summed E-state index contributed by atoms with van der Waals surface area (Å²) in [4.78, 5) is 15.5. The van der Waals surface area contributed by atoms with Crippen molar-refractivity contribution < 1.29 is 29.2 Å². The van der Waals surface area contributed by atoms with Gasteiger partial charge in [0.2, 0.25) is 0 Å². The first-order chi connectivity index (χ1) is 14.7. The van der Waals surface area contributed by atoms with E-state index < -0.39 is 0 Å². The lowest BCUT2D eigenvalue weighted by atomic mass is 10.1. The molecule has 9 heteroatoms. The number of aliphatic hydroxyl groups excluding tert-OH is 1. The number of rotatable bonds is 6. The predicted octanol–water partition coefficient (Wildman–Crippen LogP) is 1.66. The summed E-state index contributed by atoms with van der Waals surface area (Å²) in [5.41, 5.74) is 0.932. The Balaban J connectivity index is 0.000000806. The minimum Gasteiger partial charge on any atom is -0.493 e. The van der Waals surface area contributed by atoms with Crippen molar-refractivity contribution in [2.75, 3.05) is 40.5 Å². The number of hydrogen-bond acceptors (Lipinski definition) is 7. The summed E-state index contributed by atoms with van der Waals surface area (Å²) < 4.78 is 19.2. The highest BCUT2D eigenvalue weighted by Crippen LogP contribution is 2.39. The van der Waals surface area contributed by atoms with E-state index in [1.165, 1.54) is 0 Å². The molecule has 2 saturated heterocycles. The molecule has 1 aromatic heterocycles. The maximum atomic E-state index is 9.18. The van der Waals surface area contributed by atoms with Crippen LogP contribution in [0, 0.1) is 0 Å². The van der Waals surface area contributed by atoms with Crippen LogP contribution in [-0.2, 0) is 9.53 Å². The lowest BCUT2D eigenvalue weighted by Gasteiger charge is -2.34. The summed E-state index contributed by atoms with van der Waals surface area (Å²) >= 11 is 0. The molecule has 0 unspecified atom stereocenters. The second-order valence-corrected chi connectivity index (χ2v) is 7.27. The molecule has 2 aliphatic rings. The quantitative estimate of drug-likeness (QED) is 0.681. The maximum absolute atomic E-state index is 9.18. The van der Waals surface area contributed by atoms with Gasteiger partial charge in [0.05, 0.1) is 32.5 Å². The van der Waals surface area contributed by atoms with Gasteiger partial charge in [0.1, 0.15) is 5.82 Å². The van der Waals surface area contributed by atoms with Gasteiger partial charge in [-0.1, -0.05) is 6.07 Å². The Morgan fingerprint density at radius 1 is 1.27 bits per heavy atom. The first-order valence-corrected chi connectivity index (χ1v) is 9.95. The van der Waals surface area contributed by atoms with Crippen molar-refractivity contribution in [1.82, 2.24) is 14.5 Å². The highest BCUT2D eigenvalue weighted by atomic mass is 16.5. The highest BCUT2D eigenvalue weighted by Gasteiger charge is 2.38. The highest BCUT2D eigenvalue weighted by molar-refractivity contribution is 5.69. The number of methoxy groups -OCH3 is 2. The zero-order valence-electron chi connectivity index (χ0n) is 17.3. The molecular weight excluding hydrogens is 390 g/mol. The average Bonchev–Trinajstić information content (AvgIpc) is 3.40. The number of morpholine rings is 1. The Bertz CT molecular complexity index is 827. The van der Waals surface area contributed by atoms with Gasteiger partial charge in [0.25, 0.3) is 6.47 Å². The maximum Gasteiger partial charge on any atom is 0.290 e. The molecule has 0 radical (unpaired) electrons. The number of aromatic nitrogens is 2. The summed E-state index contributed by atoms with van der Waals surface area (Å²) in [7, 11) is 3.30. The van der Waals surface area contributed by atoms with E-state index in [0.29, 0.717) is 30.0 Å². The molecule has 2 fully saturated rings. The molecule has 0 saturated carbocycles. The number of aliphatic hydroxyl groups is 1. The van der Waals surface area contributed by atoms with Crippen molar-refractivity contribution in [2.24, 2.45) is 0 Å². The van der Waals surface area contributed by atoms with Gasteiger partial charge in [-0.3, -0.25) is 9.69 Å². The van der Waals surface area contributed by atoms with Crippen LogP contribution in [0.5, 0.6) is 11.5 Å². The number of fused-ring (bicyclic) bond motifs is 1. The Morgan fingerprint density at radius 2 is 2.07 bits per heavy atom. The fraction of sp³-hybridized carbons (Fsp3) is 0.524. The zero-order valence-corrected chi connectivity index (χ0v) is 17.3. The van der Waals surface area contributed by atoms with Crippen LogP contribution in [0.3, 0.4) is 0 Å².